The van der Waals surface area contributed by atoms with Gasteiger partial charge in [0.2, 0.25) is 5.91 Å². The molecular weight excluding hydrogens is 180 g/mol. The van der Waals surface area contributed by atoms with Crippen LogP contribution in [0, 0.1) is 12.8 Å². The fourth-order valence-electron chi connectivity index (χ4n) is 1.26. The molecule has 1 aromatic rings. The monoisotopic (exact) mass is 194 g/mol. The van der Waals surface area contributed by atoms with Gasteiger partial charge in [0.15, 0.2) is 5.82 Å². The van der Waals surface area contributed by atoms with E-state index in [0.717, 1.165) is 24.5 Å². The van der Waals surface area contributed by atoms with Crippen molar-refractivity contribution in [2.75, 3.05) is 0 Å². The molecule has 1 saturated carbocycles. The van der Waals surface area contributed by atoms with Crippen LogP contribution in [0.2, 0.25) is 0 Å². The summed E-state index contributed by atoms with van der Waals surface area (Å²) in [6.07, 6.45) is 2.06. The van der Waals surface area contributed by atoms with E-state index >= 15 is 0 Å². The molecule has 0 spiro atoms. The number of amides is 1. The summed E-state index contributed by atoms with van der Waals surface area (Å²) in [7, 11) is 1.90. The highest BCUT2D eigenvalue weighted by atomic mass is 16.2. The van der Waals surface area contributed by atoms with E-state index in [4.69, 9.17) is 0 Å². The maximum atomic E-state index is 11.3. The van der Waals surface area contributed by atoms with Crippen molar-refractivity contribution in [3.05, 3.63) is 11.6 Å². The lowest BCUT2D eigenvalue weighted by Crippen LogP contribution is -2.25. The Hall–Kier alpha value is -1.39. The summed E-state index contributed by atoms with van der Waals surface area (Å²) >= 11 is 0. The molecule has 5 nitrogen and oxygen atoms in total. The summed E-state index contributed by atoms with van der Waals surface area (Å²) < 4.78 is 1.88. The summed E-state index contributed by atoms with van der Waals surface area (Å²) in [4.78, 5) is 11.3. The van der Waals surface area contributed by atoms with Gasteiger partial charge in [-0.2, -0.15) is 0 Å². The molecule has 1 fully saturated rings. The minimum absolute atomic E-state index is 0.144. The van der Waals surface area contributed by atoms with Crippen LogP contribution in [-0.4, -0.2) is 20.7 Å². The third-order valence-corrected chi connectivity index (χ3v) is 2.55. The van der Waals surface area contributed by atoms with Crippen LogP contribution in [0.15, 0.2) is 0 Å². The predicted molar refractivity (Wildman–Crippen MR) is 50.3 cm³/mol. The van der Waals surface area contributed by atoms with Gasteiger partial charge in [-0.05, 0) is 19.8 Å². The average Bonchev–Trinajstić information content (AvgIpc) is 2.95. The van der Waals surface area contributed by atoms with Gasteiger partial charge in [0.1, 0.15) is 5.82 Å². The van der Waals surface area contributed by atoms with Crippen LogP contribution in [0.1, 0.15) is 24.5 Å². The van der Waals surface area contributed by atoms with Crippen molar-refractivity contribution in [1.29, 1.82) is 0 Å². The molecule has 1 heterocycles. The van der Waals surface area contributed by atoms with E-state index in [-0.39, 0.29) is 11.8 Å². The van der Waals surface area contributed by atoms with Crippen molar-refractivity contribution >= 4 is 5.91 Å². The minimum atomic E-state index is 0.144. The highest BCUT2D eigenvalue weighted by Gasteiger charge is 2.29. The first-order valence-corrected chi connectivity index (χ1v) is 4.81. The SMILES string of the molecule is Cc1nnc(CNC(=O)C2CC2)n1C. The third-order valence-electron chi connectivity index (χ3n) is 2.55. The Balaban J connectivity index is 1.90. The van der Waals surface area contributed by atoms with Gasteiger partial charge in [-0.3, -0.25) is 4.79 Å². The average molecular weight is 194 g/mol. The molecule has 0 radical (unpaired) electrons. The molecule has 76 valence electrons. The summed E-state index contributed by atoms with van der Waals surface area (Å²) in [5.74, 6) is 2.06. The second-order valence-electron chi connectivity index (χ2n) is 3.71. The van der Waals surface area contributed by atoms with Gasteiger partial charge in [0, 0.05) is 13.0 Å². The maximum Gasteiger partial charge on any atom is 0.223 e. The Bertz CT molecular complexity index is 354. The molecule has 1 N–H and O–H groups in total. The highest BCUT2D eigenvalue weighted by molar-refractivity contribution is 5.80. The van der Waals surface area contributed by atoms with Gasteiger partial charge in [-0.25, -0.2) is 0 Å². The smallest absolute Gasteiger partial charge is 0.223 e. The molecule has 14 heavy (non-hydrogen) atoms. The summed E-state index contributed by atoms with van der Waals surface area (Å²) in [5, 5.41) is 10.7. The first-order chi connectivity index (χ1) is 6.68. The molecular formula is C9H14N4O. The van der Waals surface area contributed by atoms with Gasteiger partial charge in [0.25, 0.3) is 0 Å². The second kappa shape index (κ2) is 3.40. The van der Waals surface area contributed by atoms with Gasteiger partial charge in [-0.1, -0.05) is 0 Å². The van der Waals surface area contributed by atoms with Gasteiger partial charge in [-0.15, -0.1) is 10.2 Å². The zero-order valence-electron chi connectivity index (χ0n) is 8.45. The fraction of sp³-hybridized carbons (Fsp3) is 0.667. The van der Waals surface area contributed by atoms with Crippen molar-refractivity contribution in [3.8, 4) is 0 Å². The first-order valence-electron chi connectivity index (χ1n) is 4.81. The van der Waals surface area contributed by atoms with E-state index in [9.17, 15) is 4.79 Å². The van der Waals surface area contributed by atoms with Gasteiger partial charge < -0.3 is 9.88 Å². The van der Waals surface area contributed by atoms with E-state index in [1.165, 1.54) is 0 Å². The third kappa shape index (κ3) is 1.76. The van der Waals surface area contributed by atoms with E-state index < -0.39 is 0 Å². The number of carbonyl (C=O) groups excluding carboxylic acids is 1. The molecule has 0 aromatic carbocycles. The number of rotatable bonds is 3. The largest absolute Gasteiger partial charge is 0.349 e. The van der Waals surface area contributed by atoms with Gasteiger partial charge in [0.05, 0.1) is 6.54 Å². The Kier molecular flexibility index (Phi) is 2.23. The molecule has 5 heteroatoms. The van der Waals surface area contributed by atoms with Crippen LogP contribution < -0.4 is 5.32 Å². The molecule has 1 aliphatic rings. The van der Waals surface area contributed by atoms with E-state index in [1.54, 1.807) is 0 Å². The van der Waals surface area contributed by atoms with Crippen LogP contribution in [0.25, 0.3) is 0 Å². The van der Waals surface area contributed by atoms with Crippen molar-refractivity contribution < 1.29 is 4.79 Å². The van der Waals surface area contributed by atoms with E-state index in [1.807, 2.05) is 18.5 Å². The summed E-state index contributed by atoms with van der Waals surface area (Å²) in [6.45, 7) is 2.37. The molecule has 1 aliphatic carbocycles. The number of carbonyl (C=O) groups is 1. The first kappa shape index (κ1) is 9.18. The molecule has 0 unspecified atom stereocenters. The normalized spacial score (nSPS) is 15.6. The lowest BCUT2D eigenvalue weighted by molar-refractivity contribution is -0.122. The van der Waals surface area contributed by atoms with Crippen molar-refractivity contribution in [1.82, 2.24) is 20.1 Å². The van der Waals surface area contributed by atoms with E-state index in [2.05, 4.69) is 15.5 Å². The standard InChI is InChI=1S/C9H14N4O/c1-6-11-12-8(13(6)2)5-10-9(14)7-3-4-7/h7H,3-5H2,1-2H3,(H,10,14). The number of nitrogens with one attached hydrogen (secondary N) is 1. The summed E-state index contributed by atoms with van der Waals surface area (Å²) in [6, 6.07) is 0. The number of aryl methyl sites for hydroxylation is 1. The second-order valence-corrected chi connectivity index (χ2v) is 3.71. The lowest BCUT2D eigenvalue weighted by Gasteiger charge is -2.03. The fourth-order valence-corrected chi connectivity index (χ4v) is 1.26. The van der Waals surface area contributed by atoms with Crippen molar-refractivity contribution in [2.45, 2.75) is 26.3 Å². The van der Waals surface area contributed by atoms with E-state index in [0.29, 0.717) is 6.54 Å². The molecule has 1 amide bonds. The quantitative estimate of drug-likeness (QED) is 0.745. The molecule has 1 aromatic heterocycles. The van der Waals surface area contributed by atoms with Crippen LogP contribution in [0.5, 0.6) is 0 Å². The number of nitrogens with zero attached hydrogens (tertiary/aromatic N) is 3. The summed E-state index contributed by atoms with van der Waals surface area (Å²) in [5.41, 5.74) is 0. The molecule has 0 aliphatic heterocycles. The topological polar surface area (TPSA) is 59.8 Å². The van der Waals surface area contributed by atoms with Crippen LogP contribution >= 0.6 is 0 Å². The van der Waals surface area contributed by atoms with Crippen LogP contribution in [0.3, 0.4) is 0 Å². The molecule has 2 rings (SSSR count). The van der Waals surface area contributed by atoms with Crippen LogP contribution in [-0.2, 0) is 18.4 Å². The lowest BCUT2D eigenvalue weighted by atomic mass is 10.4. The van der Waals surface area contributed by atoms with Crippen molar-refractivity contribution in [2.24, 2.45) is 13.0 Å². The predicted octanol–water partition coefficient (Wildman–Crippen LogP) is 0.150. The molecule has 0 bridgehead atoms. The zero-order chi connectivity index (χ0) is 10.1. The van der Waals surface area contributed by atoms with Crippen LogP contribution in [0.4, 0.5) is 0 Å². The Morgan fingerprint density at radius 1 is 1.57 bits per heavy atom. The minimum Gasteiger partial charge on any atom is -0.349 e. The van der Waals surface area contributed by atoms with Crippen molar-refractivity contribution in [3.63, 3.8) is 0 Å². The molecule has 0 atom stereocenters. The highest BCUT2D eigenvalue weighted by Crippen LogP contribution is 2.28. The Labute approximate surface area is 82.5 Å². The Morgan fingerprint density at radius 3 is 2.79 bits per heavy atom. The molecule has 0 saturated heterocycles. The maximum absolute atomic E-state index is 11.3. The zero-order valence-corrected chi connectivity index (χ0v) is 8.45. The number of hydrogen-bond acceptors (Lipinski definition) is 3. The Morgan fingerprint density at radius 2 is 2.29 bits per heavy atom. The van der Waals surface area contributed by atoms with Gasteiger partial charge >= 0.3 is 0 Å². The number of aromatic nitrogens is 3. The number of hydrogen-bond donors (Lipinski definition) is 1.